The fourth-order valence-corrected chi connectivity index (χ4v) is 5.92. The molecule has 1 amide bonds. The molecule has 2 bridgehead atoms. The van der Waals surface area contributed by atoms with E-state index in [1.54, 1.807) is 0 Å². The van der Waals surface area contributed by atoms with Crippen LogP contribution in [0.1, 0.15) is 60.0 Å². The van der Waals surface area contributed by atoms with Crippen molar-refractivity contribution >= 4 is 11.7 Å². The zero-order valence-electron chi connectivity index (χ0n) is 14.7. The minimum Gasteiger partial charge on any atom is -0.366 e. The van der Waals surface area contributed by atoms with Crippen molar-refractivity contribution in [2.45, 2.75) is 56.4 Å². The second kappa shape index (κ2) is 5.41. The first-order chi connectivity index (χ1) is 12.1. The number of nitrogens with zero attached hydrogens (tertiary/aromatic N) is 1. The fraction of sp³-hybridized carbons (Fsp3) is 0.619. The van der Waals surface area contributed by atoms with Gasteiger partial charge in [0, 0.05) is 36.4 Å². The lowest BCUT2D eigenvalue weighted by Gasteiger charge is -2.58. The van der Waals surface area contributed by atoms with Crippen LogP contribution in [0.3, 0.4) is 0 Å². The Balaban J connectivity index is 1.60. The minimum atomic E-state index is -0.369. The normalized spacial score (nSPS) is 34.3. The van der Waals surface area contributed by atoms with Crippen molar-refractivity contribution < 1.29 is 9.59 Å². The number of piperidine rings is 1. The van der Waals surface area contributed by atoms with Gasteiger partial charge in [-0.2, -0.15) is 0 Å². The summed E-state index contributed by atoms with van der Waals surface area (Å²) in [6.07, 6.45) is 7.26. The zero-order valence-corrected chi connectivity index (χ0v) is 14.7. The molecule has 1 aromatic rings. The number of likely N-dealkylation sites (tertiary alicyclic amines) is 1. The van der Waals surface area contributed by atoms with Gasteiger partial charge in [0.1, 0.15) is 5.78 Å². The molecule has 4 nitrogen and oxygen atoms in total. The predicted molar refractivity (Wildman–Crippen MR) is 95.4 cm³/mol. The third-order valence-electron chi connectivity index (χ3n) is 7.28. The molecule has 4 heteroatoms. The topological polar surface area (TPSA) is 63.4 Å². The van der Waals surface area contributed by atoms with Crippen LogP contribution >= 0.6 is 0 Å². The predicted octanol–water partition coefficient (Wildman–Crippen LogP) is 2.43. The van der Waals surface area contributed by atoms with E-state index in [0.717, 1.165) is 38.1 Å². The standard InChI is InChI=1S/C21H26N2O2/c22-20(25)15-4-3-14-10-19-17-6-5-16(24)11-21(17,18(14)9-15)7-8-23(19)12-13-1-2-13/h3-4,9,13,17,19H,1-2,5-8,10-12H2,(H2,22,25). The maximum Gasteiger partial charge on any atom is 0.248 e. The summed E-state index contributed by atoms with van der Waals surface area (Å²) in [6, 6.07) is 6.54. The number of ketones is 1. The van der Waals surface area contributed by atoms with E-state index in [4.69, 9.17) is 5.73 Å². The summed E-state index contributed by atoms with van der Waals surface area (Å²) in [4.78, 5) is 26.8. The fourth-order valence-electron chi connectivity index (χ4n) is 5.92. The van der Waals surface area contributed by atoms with E-state index in [2.05, 4.69) is 11.0 Å². The molecule has 1 saturated heterocycles. The summed E-state index contributed by atoms with van der Waals surface area (Å²) >= 11 is 0. The molecule has 25 heavy (non-hydrogen) atoms. The third-order valence-corrected chi connectivity index (χ3v) is 7.28. The number of hydrogen-bond donors (Lipinski definition) is 1. The Kier molecular flexibility index (Phi) is 3.37. The molecule has 3 aliphatic carbocycles. The Morgan fingerprint density at radius 1 is 1.28 bits per heavy atom. The van der Waals surface area contributed by atoms with E-state index in [1.165, 1.54) is 30.5 Å². The van der Waals surface area contributed by atoms with Crippen LogP contribution in [0.15, 0.2) is 18.2 Å². The van der Waals surface area contributed by atoms with Gasteiger partial charge in [-0.15, -0.1) is 0 Å². The van der Waals surface area contributed by atoms with Gasteiger partial charge >= 0.3 is 0 Å². The van der Waals surface area contributed by atoms with Crippen LogP contribution in [0.4, 0.5) is 0 Å². The van der Waals surface area contributed by atoms with E-state index in [0.29, 0.717) is 29.7 Å². The number of rotatable bonds is 3. The Labute approximate surface area is 148 Å². The highest BCUT2D eigenvalue weighted by atomic mass is 16.1. The maximum absolute atomic E-state index is 12.4. The molecule has 0 radical (unpaired) electrons. The number of carbonyl (C=O) groups is 2. The molecule has 3 fully saturated rings. The van der Waals surface area contributed by atoms with E-state index >= 15 is 0 Å². The van der Waals surface area contributed by atoms with Crippen LogP contribution in [0.2, 0.25) is 0 Å². The number of benzene rings is 1. The smallest absolute Gasteiger partial charge is 0.248 e. The van der Waals surface area contributed by atoms with Crippen LogP contribution in [0, 0.1) is 11.8 Å². The molecule has 2 N–H and O–H groups in total. The molecule has 4 aliphatic rings. The Bertz CT molecular complexity index is 754. The molecule has 5 rings (SSSR count). The third kappa shape index (κ3) is 2.37. The summed E-state index contributed by atoms with van der Waals surface area (Å²) in [5.41, 5.74) is 8.66. The lowest BCUT2D eigenvalue weighted by Crippen LogP contribution is -2.62. The molecule has 1 aromatic carbocycles. The first-order valence-electron chi connectivity index (χ1n) is 9.76. The Morgan fingerprint density at radius 3 is 2.88 bits per heavy atom. The van der Waals surface area contributed by atoms with Gasteiger partial charge in [-0.3, -0.25) is 14.5 Å². The van der Waals surface area contributed by atoms with Gasteiger partial charge < -0.3 is 5.73 Å². The highest BCUT2D eigenvalue weighted by molar-refractivity contribution is 5.93. The monoisotopic (exact) mass is 338 g/mol. The second-order valence-electron chi connectivity index (χ2n) is 8.71. The van der Waals surface area contributed by atoms with Crippen molar-refractivity contribution in [3.8, 4) is 0 Å². The first-order valence-corrected chi connectivity index (χ1v) is 9.76. The van der Waals surface area contributed by atoms with Gasteiger partial charge in [0.15, 0.2) is 0 Å². The molecule has 3 atom stereocenters. The summed E-state index contributed by atoms with van der Waals surface area (Å²) in [5, 5.41) is 0. The number of nitrogens with two attached hydrogens (primary N) is 1. The molecule has 132 valence electrons. The van der Waals surface area contributed by atoms with Gasteiger partial charge in [0.25, 0.3) is 0 Å². The van der Waals surface area contributed by atoms with Gasteiger partial charge in [-0.05, 0) is 73.7 Å². The van der Waals surface area contributed by atoms with Crippen LogP contribution in [0.25, 0.3) is 0 Å². The number of Topliss-reactive ketones (excluding diaryl/α,β-unsaturated/α-hetero) is 1. The minimum absolute atomic E-state index is 0.0565. The molecule has 1 aliphatic heterocycles. The van der Waals surface area contributed by atoms with Crippen molar-refractivity contribution in [1.29, 1.82) is 0 Å². The average Bonchev–Trinajstić information content (AvgIpc) is 3.40. The summed E-state index contributed by atoms with van der Waals surface area (Å²) < 4.78 is 0. The van der Waals surface area contributed by atoms with Crippen molar-refractivity contribution in [3.63, 3.8) is 0 Å². The lowest BCUT2D eigenvalue weighted by atomic mass is 9.52. The largest absolute Gasteiger partial charge is 0.366 e. The Hall–Kier alpha value is -1.68. The summed E-state index contributed by atoms with van der Waals surface area (Å²) in [5.74, 6) is 1.47. The van der Waals surface area contributed by atoms with Crippen molar-refractivity contribution in [2.75, 3.05) is 13.1 Å². The highest BCUT2D eigenvalue weighted by Crippen LogP contribution is 2.55. The molecule has 2 saturated carbocycles. The molecule has 3 unspecified atom stereocenters. The van der Waals surface area contributed by atoms with E-state index in [1.807, 2.05) is 12.1 Å². The number of amides is 1. The number of primary amides is 1. The van der Waals surface area contributed by atoms with Crippen LogP contribution in [-0.2, 0) is 16.6 Å². The maximum atomic E-state index is 12.4. The SMILES string of the molecule is NC(=O)c1ccc2c(c1)C13CCN(CC4CC4)C(C2)C1CCC(=O)C3. The van der Waals surface area contributed by atoms with Gasteiger partial charge in [0.05, 0.1) is 0 Å². The van der Waals surface area contributed by atoms with Crippen molar-refractivity contribution in [2.24, 2.45) is 17.6 Å². The van der Waals surface area contributed by atoms with Gasteiger partial charge in [0.2, 0.25) is 5.91 Å². The summed E-state index contributed by atoms with van der Waals surface area (Å²) in [7, 11) is 0. The summed E-state index contributed by atoms with van der Waals surface area (Å²) in [6.45, 7) is 2.32. The molecular weight excluding hydrogens is 312 g/mol. The molecule has 0 aromatic heterocycles. The van der Waals surface area contributed by atoms with Crippen molar-refractivity contribution in [3.05, 3.63) is 34.9 Å². The molecule has 1 heterocycles. The van der Waals surface area contributed by atoms with E-state index in [-0.39, 0.29) is 11.3 Å². The van der Waals surface area contributed by atoms with Crippen LogP contribution < -0.4 is 5.73 Å². The van der Waals surface area contributed by atoms with Gasteiger partial charge in [-0.25, -0.2) is 0 Å². The number of fused-ring (bicyclic) bond motifs is 1. The number of hydrogen-bond acceptors (Lipinski definition) is 3. The van der Waals surface area contributed by atoms with Crippen LogP contribution in [-0.4, -0.2) is 35.7 Å². The van der Waals surface area contributed by atoms with Gasteiger partial charge in [-0.1, -0.05) is 6.07 Å². The molecular formula is C21H26N2O2. The van der Waals surface area contributed by atoms with E-state index < -0.39 is 0 Å². The number of carbonyl (C=O) groups excluding carboxylic acids is 2. The van der Waals surface area contributed by atoms with Crippen LogP contribution in [0.5, 0.6) is 0 Å². The second-order valence-corrected chi connectivity index (χ2v) is 8.71. The molecule has 0 spiro atoms. The van der Waals surface area contributed by atoms with E-state index in [9.17, 15) is 9.59 Å². The zero-order chi connectivity index (χ0) is 17.2. The Morgan fingerprint density at radius 2 is 2.12 bits per heavy atom. The first kappa shape index (κ1) is 15.6. The quantitative estimate of drug-likeness (QED) is 0.921. The highest BCUT2D eigenvalue weighted by Gasteiger charge is 2.55. The average molecular weight is 338 g/mol. The lowest BCUT2D eigenvalue weighted by molar-refractivity contribution is -0.127. The van der Waals surface area contributed by atoms with Crippen molar-refractivity contribution in [1.82, 2.24) is 4.90 Å².